The first-order valence-corrected chi connectivity index (χ1v) is 11.1. The second-order valence-corrected chi connectivity index (χ2v) is 8.14. The number of nitrogens with zero attached hydrogens (tertiary/aromatic N) is 2. The number of hydrogen-bond donors (Lipinski definition) is 1. The van der Waals surface area contributed by atoms with E-state index < -0.39 is 0 Å². The van der Waals surface area contributed by atoms with Crippen molar-refractivity contribution in [3.05, 3.63) is 88.6 Å². The van der Waals surface area contributed by atoms with Crippen LogP contribution in [0.4, 0.5) is 0 Å². The quantitative estimate of drug-likeness (QED) is 0.408. The maximum atomic E-state index is 13.5. The van der Waals surface area contributed by atoms with E-state index >= 15 is 0 Å². The van der Waals surface area contributed by atoms with E-state index in [1.54, 1.807) is 18.2 Å². The van der Waals surface area contributed by atoms with Crippen LogP contribution in [0.3, 0.4) is 0 Å². The number of nitrogens with one attached hydrogen (secondary N) is 1. The third-order valence-electron chi connectivity index (χ3n) is 5.35. The minimum absolute atomic E-state index is 0.0469. The van der Waals surface area contributed by atoms with Crippen LogP contribution in [0, 0.1) is 6.92 Å². The molecule has 0 saturated heterocycles. The van der Waals surface area contributed by atoms with E-state index in [0.29, 0.717) is 40.6 Å². The van der Waals surface area contributed by atoms with Gasteiger partial charge >= 0.3 is 0 Å². The number of aryl methyl sites for hydroxylation is 1. The number of carbonyl (C=O) groups is 2. The Balaban J connectivity index is 1.56. The van der Waals surface area contributed by atoms with E-state index in [-0.39, 0.29) is 18.4 Å². The van der Waals surface area contributed by atoms with Crippen LogP contribution in [-0.2, 0) is 11.3 Å². The molecular formula is C26H24ClN3O3. The highest BCUT2D eigenvalue weighted by Gasteiger charge is 2.21. The highest BCUT2D eigenvalue weighted by atomic mass is 35.5. The lowest BCUT2D eigenvalue weighted by molar-refractivity contribution is -0.121. The van der Waals surface area contributed by atoms with Crippen molar-refractivity contribution >= 4 is 34.3 Å². The molecule has 0 fully saturated rings. The summed E-state index contributed by atoms with van der Waals surface area (Å²) in [7, 11) is 0. The molecule has 2 aromatic heterocycles. The van der Waals surface area contributed by atoms with Crippen molar-refractivity contribution in [2.75, 3.05) is 13.1 Å². The van der Waals surface area contributed by atoms with Crippen LogP contribution in [-0.4, -0.2) is 34.8 Å². The summed E-state index contributed by atoms with van der Waals surface area (Å²) in [6, 6.07) is 20.2. The Hall–Kier alpha value is -3.64. The fourth-order valence-corrected chi connectivity index (χ4v) is 3.71. The van der Waals surface area contributed by atoms with Gasteiger partial charge in [0.15, 0.2) is 5.76 Å². The van der Waals surface area contributed by atoms with Crippen molar-refractivity contribution in [1.29, 1.82) is 0 Å². The smallest absolute Gasteiger partial charge is 0.255 e. The Kier molecular flexibility index (Phi) is 6.75. The van der Waals surface area contributed by atoms with E-state index in [0.717, 1.165) is 16.7 Å². The Morgan fingerprint density at radius 3 is 2.52 bits per heavy atom. The molecule has 7 heteroatoms. The molecule has 0 spiro atoms. The maximum Gasteiger partial charge on any atom is 0.255 e. The predicted molar refractivity (Wildman–Crippen MR) is 129 cm³/mol. The molecule has 168 valence electrons. The number of para-hydroxylation sites is 1. The molecule has 4 aromatic rings. The molecule has 0 radical (unpaired) electrons. The predicted octanol–water partition coefficient (Wildman–Crippen LogP) is 5.24. The van der Waals surface area contributed by atoms with Crippen LogP contribution in [0.5, 0.6) is 0 Å². The fraction of sp³-hybridized carbons (Fsp3) is 0.192. The Bertz CT molecular complexity index is 1300. The Morgan fingerprint density at radius 1 is 1.06 bits per heavy atom. The normalized spacial score (nSPS) is 10.9. The van der Waals surface area contributed by atoms with Crippen molar-refractivity contribution in [2.24, 2.45) is 0 Å². The van der Waals surface area contributed by atoms with E-state index in [9.17, 15) is 9.59 Å². The Morgan fingerprint density at radius 2 is 1.82 bits per heavy atom. The van der Waals surface area contributed by atoms with Crippen LogP contribution in [0.25, 0.3) is 22.4 Å². The summed E-state index contributed by atoms with van der Waals surface area (Å²) in [6.45, 7) is 4.42. The number of benzene rings is 2. The summed E-state index contributed by atoms with van der Waals surface area (Å²) >= 11 is 5.91. The molecule has 2 amide bonds. The van der Waals surface area contributed by atoms with E-state index in [4.69, 9.17) is 16.0 Å². The lowest BCUT2D eigenvalue weighted by Gasteiger charge is -2.21. The van der Waals surface area contributed by atoms with E-state index in [1.807, 2.05) is 62.4 Å². The first-order chi connectivity index (χ1) is 15.9. The standard InChI is InChI=1S/C26H24ClN3O3/c1-3-30(16-25(31)28-15-18-9-11-19(27)12-10-18)26(32)21-14-23(24-13-8-17(2)33-24)29-22-7-5-4-6-20(21)22/h4-14H,3,15-16H2,1-2H3,(H,28,31). The lowest BCUT2D eigenvalue weighted by atomic mass is 10.1. The average molecular weight is 462 g/mol. The van der Waals surface area contributed by atoms with Crippen molar-refractivity contribution in [2.45, 2.75) is 20.4 Å². The van der Waals surface area contributed by atoms with Crippen LogP contribution in [0.1, 0.15) is 28.6 Å². The topological polar surface area (TPSA) is 75.4 Å². The molecule has 33 heavy (non-hydrogen) atoms. The van der Waals surface area contributed by atoms with Crippen molar-refractivity contribution in [1.82, 2.24) is 15.2 Å². The largest absolute Gasteiger partial charge is 0.460 e. The molecule has 6 nitrogen and oxygen atoms in total. The van der Waals surface area contributed by atoms with Gasteiger partial charge < -0.3 is 14.6 Å². The second kappa shape index (κ2) is 9.88. The third-order valence-corrected chi connectivity index (χ3v) is 5.60. The number of pyridine rings is 1. The molecule has 0 aliphatic rings. The zero-order valence-corrected chi connectivity index (χ0v) is 19.2. The van der Waals surface area contributed by atoms with Gasteiger partial charge in [0.1, 0.15) is 11.5 Å². The minimum Gasteiger partial charge on any atom is -0.460 e. The molecule has 0 bridgehead atoms. The number of hydrogen-bond acceptors (Lipinski definition) is 4. The summed E-state index contributed by atoms with van der Waals surface area (Å²) in [6.07, 6.45) is 0. The highest BCUT2D eigenvalue weighted by Crippen LogP contribution is 2.27. The first-order valence-electron chi connectivity index (χ1n) is 10.7. The molecule has 2 aromatic carbocycles. The third kappa shape index (κ3) is 5.23. The van der Waals surface area contributed by atoms with Crippen molar-refractivity contribution in [3.63, 3.8) is 0 Å². The zero-order chi connectivity index (χ0) is 23.4. The number of carbonyl (C=O) groups excluding carboxylic acids is 2. The molecule has 0 aliphatic carbocycles. The van der Waals surface area contributed by atoms with Gasteiger partial charge in [0, 0.05) is 23.5 Å². The molecule has 0 atom stereocenters. The summed E-state index contributed by atoms with van der Waals surface area (Å²) < 4.78 is 5.73. The summed E-state index contributed by atoms with van der Waals surface area (Å²) in [5.74, 6) is 0.888. The molecule has 1 N–H and O–H groups in total. The maximum absolute atomic E-state index is 13.5. The monoisotopic (exact) mass is 461 g/mol. The van der Waals surface area contributed by atoms with Crippen LogP contribution < -0.4 is 5.32 Å². The van der Waals surface area contributed by atoms with Crippen molar-refractivity contribution in [3.8, 4) is 11.5 Å². The Labute approximate surface area is 197 Å². The molecular weight excluding hydrogens is 438 g/mol. The van der Waals surface area contributed by atoms with Crippen LogP contribution >= 0.6 is 11.6 Å². The van der Waals surface area contributed by atoms with Gasteiger partial charge in [0.05, 0.1) is 17.6 Å². The number of rotatable bonds is 7. The van der Waals surface area contributed by atoms with Gasteiger partial charge in [-0.2, -0.15) is 0 Å². The molecule has 2 heterocycles. The molecule has 4 rings (SSSR count). The van der Waals surface area contributed by atoms with Gasteiger partial charge in [0.2, 0.25) is 5.91 Å². The minimum atomic E-state index is -0.236. The number of aromatic nitrogens is 1. The molecule has 0 unspecified atom stereocenters. The molecule has 0 saturated carbocycles. The van der Waals surface area contributed by atoms with Gasteiger partial charge in [-0.15, -0.1) is 0 Å². The van der Waals surface area contributed by atoms with E-state index in [2.05, 4.69) is 10.3 Å². The zero-order valence-electron chi connectivity index (χ0n) is 18.5. The van der Waals surface area contributed by atoms with Crippen LogP contribution in [0.2, 0.25) is 5.02 Å². The SMILES string of the molecule is CCN(CC(=O)NCc1ccc(Cl)cc1)C(=O)c1cc(-c2ccc(C)o2)nc2ccccc12. The number of furan rings is 1. The second-order valence-electron chi connectivity index (χ2n) is 7.71. The van der Waals surface area contributed by atoms with E-state index in [1.165, 1.54) is 4.90 Å². The van der Waals surface area contributed by atoms with Gasteiger partial charge in [-0.3, -0.25) is 9.59 Å². The number of halogens is 1. The highest BCUT2D eigenvalue weighted by molar-refractivity contribution is 6.30. The van der Waals surface area contributed by atoms with Gasteiger partial charge in [-0.25, -0.2) is 4.98 Å². The number of amides is 2. The summed E-state index contributed by atoms with van der Waals surface area (Å²) in [5, 5.41) is 4.23. The summed E-state index contributed by atoms with van der Waals surface area (Å²) in [4.78, 5) is 32.3. The van der Waals surface area contributed by atoms with Crippen molar-refractivity contribution < 1.29 is 14.0 Å². The fourth-order valence-electron chi connectivity index (χ4n) is 3.58. The van der Waals surface area contributed by atoms with Gasteiger partial charge in [-0.1, -0.05) is 41.9 Å². The number of fused-ring (bicyclic) bond motifs is 1. The van der Waals surface area contributed by atoms with Gasteiger partial charge in [0.25, 0.3) is 5.91 Å². The average Bonchev–Trinajstić information content (AvgIpc) is 3.27. The first kappa shape index (κ1) is 22.6. The lowest BCUT2D eigenvalue weighted by Crippen LogP contribution is -2.40. The van der Waals surface area contributed by atoms with Crippen LogP contribution in [0.15, 0.2) is 71.1 Å². The molecule has 0 aliphatic heterocycles. The number of likely N-dealkylation sites (N-methyl/N-ethyl adjacent to an activating group) is 1. The summed E-state index contributed by atoms with van der Waals surface area (Å²) in [5.41, 5.74) is 2.68. The van der Waals surface area contributed by atoms with Gasteiger partial charge in [-0.05, 0) is 55.8 Å².